The fraction of sp³-hybridized carbons (Fsp3) is 0.278. The Labute approximate surface area is 151 Å². The molecule has 1 aliphatic rings. The van der Waals surface area contributed by atoms with Crippen molar-refractivity contribution >= 4 is 18.3 Å². The first-order valence-electron chi connectivity index (χ1n) is 7.69. The van der Waals surface area contributed by atoms with Gasteiger partial charge in [-0.3, -0.25) is 4.79 Å². The van der Waals surface area contributed by atoms with E-state index in [-0.39, 0.29) is 36.0 Å². The second-order valence-electron chi connectivity index (χ2n) is 5.80. The highest BCUT2D eigenvalue weighted by molar-refractivity contribution is 5.95. The van der Waals surface area contributed by atoms with Crippen LogP contribution in [-0.2, 0) is 0 Å². The summed E-state index contributed by atoms with van der Waals surface area (Å²) < 4.78 is 29.0. The predicted molar refractivity (Wildman–Crippen MR) is 93.4 cm³/mol. The van der Waals surface area contributed by atoms with Gasteiger partial charge in [0.05, 0.1) is 0 Å². The fourth-order valence-corrected chi connectivity index (χ4v) is 3.04. The van der Waals surface area contributed by atoms with Crippen molar-refractivity contribution in [3.8, 4) is 5.75 Å². The number of carbonyl (C=O) groups is 1. The average Bonchev–Trinajstić information content (AvgIpc) is 2.96. The Morgan fingerprint density at radius 1 is 1.12 bits per heavy atom. The monoisotopic (exact) mass is 368 g/mol. The van der Waals surface area contributed by atoms with Gasteiger partial charge in [0.25, 0.3) is 5.91 Å². The lowest BCUT2D eigenvalue weighted by Crippen LogP contribution is -2.32. The van der Waals surface area contributed by atoms with Gasteiger partial charge in [-0.2, -0.15) is 8.78 Å². The Hall–Kier alpha value is -2.18. The molecule has 1 fully saturated rings. The molecule has 25 heavy (non-hydrogen) atoms. The second-order valence-corrected chi connectivity index (χ2v) is 5.80. The summed E-state index contributed by atoms with van der Waals surface area (Å²) in [4.78, 5) is 14.3. The summed E-state index contributed by atoms with van der Waals surface area (Å²) >= 11 is 0. The number of halogens is 3. The molecule has 1 heterocycles. The third kappa shape index (κ3) is 4.46. The molecule has 0 saturated carbocycles. The van der Waals surface area contributed by atoms with Crippen LogP contribution >= 0.6 is 12.4 Å². The molecule has 134 valence electrons. The van der Waals surface area contributed by atoms with E-state index >= 15 is 0 Å². The van der Waals surface area contributed by atoms with E-state index in [4.69, 9.17) is 5.73 Å². The number of hydrogen-bond acceptors (Lipinski definition) is 3. The fourth-order valence-electron chi connectivity index (χ4n) is 3.04. The van der Waals surface area contributed by atoms with Crippen molar-refractivity contribution in [3.05, 3.63) is 65.7 Å². The van der Waals surface area contributed by atoms with E-state index in [1.807, 2.05) is 30.3 Å². The van der Waals surface area contributed by atoms with Gasteiger partial charge >= 0.3 is 6.61 Å². The van der Waals surface area contributed by atoms with Gasteiger partial charge in [0.2, 0.25) is 0 Å². The molecule has 1 saturated heterocycles. The lowest BCUT2D eigenvalue weighted by Gasteiger charge is -2.17. The van der Waals surface area contributed by atoms with Gasteiger partial charge in [0, 0.05) is 30.6 Å². The number of rotatable bonds is 4. The molecular formula is C18H19ClF2N2O2. The summed E-state index contributed by atoms with van der Waals surface area (Å²) in [6.45, 7) is -1.99. The second kappa shape index (κ2) is 8.27. The van der Waals surface area contributed by atoms with Crippen molar-refractivity contribution in [2.75, 3.05) is 13.1 Å². The van der Waals surface area contributed by atoms with Crippen molar-refractivity contribution in [2.45, 2.75) is 18.6 Å². The zero-order chi connectivity index (χ0) is 17.1. The lowest BCUT2D eigenvalue weighted by molar-refractivity contribution is -0.0499. The van der Waals surface area contributed by atoms with Crippen LogP contribution in [-0.4, -0.2) is 36.5 Å². The maximum atomic E-state index is 12.6. The maximum Gasteiger partial charge on any atom is 0.387 e. The highest BCUT2D eigenvalue weighted by atomic mass is 35.5. The molecule has 3 rings (SSSR count). The van der Waals surface area contributed by atoms with Crippen molar-refractivity contribution < 1.29 is 18.3 Å². The SMILES string of the molecule is Cl.N[C@@H]1CN(C(=O)c2cccc(OC(F)F)c2)C[C@H]1c1ccccc1. The first-order chi connectivity index (χ1) is 11.5. The number of alkyl halides is 2. The van der Waals surface area contributed by atoms with Gasteiger partial charge in [0.1, 0.15) is 5.75 Å². The number of ether oxygens (including phenoxy) is 1. The molecule has 0 aliphatic carbocycles. The predicted octanol–water partition coefficient (Wildman–Crippen LogP) is 3.28. The van der Waals surface area contributed by atoms with Gasteiger partial charge in [-0.05, 0) is 23.8 Å². The van der Waals surface area contributed by atoms with E-state index in [0.29, 0.717) is 18.7 Å². The van der Waals surface area contributed by atoms with Crippen LogP contribution in [0.15, 0.2) is 54.6 Å². The van der Waals surface area contributed by atoms with Gasteiger partial charge in [-0.25, -0.2) is 0 Å². The molecule has 1 aliphatic heterocycles. The standard InChI is InChI=1S/C18H18F2N2O2.ClH/c19-18(20)24-14-8-4-7-13(9-14)17(23)22-10-15(16(21)11-22)12-5-2-1-3-6-12;/h1-9,15-16,18H,10-11,21H2;1H/t15-,16+;/m0./s1. The van der Waals surface area contributed by atoms with Crippen LogP contribution in [0.4, 0.5) is 8.78 Å². The van der Waals surface area contributed by atoms with Gasteiger partial charge < -0.3 is 15.4 Å². The van der Waals surface area contributed by atoms with Gasteiger partial charge in [0.15, 0.2) is 0 Å². The topological polar surface area (TPSA) is 55.6 Å². The van der Waals surface area contributed by atoms with Gasteiger partial charge in [-0.15, -0.1) is 12.4 Å². The number of amides is 1. The molecule has 7 heteroatoms. The first-order valence-corrected chi connectivity index (χ1v) is 7.69. The van der Waals surface area contributed by atoms with Crippen molar-refractivity contribution in [3.63, 3.8) is 0 Å². The third-order valence-electron chi connectivity index (χ3n) is 4.19. The van der Waals surface area contributed by atoms with Crippen molar-refractivity contribution in [1.82, 2.24) is 4.90 Å². The summed E-state index contributed by atoms with van der Waals surface area (Å²) in [6, 6.07) is 15.5. The van der Waals surface area contributed by atoms with E-state index in [9.17, 15) is 13.6 Å². The molecule has 2 atom stereocenters. The molecule has 0 aromatic heterocycles. The van der Waals surface area contributed by atoms with Crippen LogP contribution in [0.5, 0.6) is 5.75 Å². The molecule has 2 aromatic rings. The Bertz CT molecular complexity index is 715. The molecule has 1 amide bonds. The third-order valence-corrected chi connectivity index (χ3v) is 4.19. The molecule has 0 unspecified atom stereocenters. The number of benzene rings is 2. The Balaban J connectivity index is 0.00000225. The molecule has 4 nitrogen and oxygen atoms in total. The maximum absolute atomic E-state index is 12.6. The van der Waals surface area contributed by atoms with E-state index in [2.05, 4.69) is 4.74 Å². The van der Waals surface area contributed by atoms with Crippen LogP contribution in [0, 0.1) is 0 Å². The lowest BCUT2D eigenvalue weighted by atomic mass is 9.95. The smallest absolute Gasteiger partial charge is 0.387 e. The van der Waals surface area contributed by atoms with Crippen molar-refractivity contribution in [2.24, 2.45) is 5.73 Å². The van der Waals surface area contributed by atoms with Crippen LogP contribution in [0.2, 0.25) is 0 Å². The minimum atomic E-state index is -2.92. The average molecular weight is 369 g/mol. The summed E-state index contributed by atoms with van der Waals surface area (Å²) in [7, 11) is 0. The molecule has 2 aromatic carbocycles. The number of likely N-dealkylation sites (tertiary alicyclic amines) is 1. The quantitative estimate of drug-likeness (QED) is 0.901. The van der Waals surface area contributed by atoms with Crippen LogP contribution in [0.1, 0.15) is 21.8 Å². The Morgan fingerprint density at radius 2 is 1.84 bits per heavy atom. The van der Waals surface area contributed by atoms with Crippen LogP contribution < -0.4 is 10.5 Å². The summed E-state index contributed by atoms with van der Waals surface area (Å²) in [5.74, 6) is -0.196. The molecule has 2 N–H and O–H groups in total. The Kier molecular flexibility index (Phi) is 6.33. The van der Waals surface area contributed by atoms with Crippen LogP contribution in [0.3, 0.4) is 0 Å². The molecular weight excluding hydrogens is 350 g/mol. The minimum Gasteiger partial charge on any atom is -0.435 e. The van der Waals surface area contributed by atoms with Gasteiger partial charge in [-0.1, -0.05) is 36.4 Å². The normalized spacial score (nSPS) is 19.6. The summed E-state index contributed by atoms with van der Waals surface area (Å²) in [5.41, 5.74) is 7.60. The number of nitrogens with zero attached hydrogens (tertiary/aromatic N) is 1. The van der Waals surface area contributed by atoms with E-state index in [1.165, 1.54) is 18.2 Å². The molecule has 0 radical (unpaired) electrons. The minimum absolute atomic E-state index is 0. The van der Waals surface area contributed by atoms with Crippen molar-refractivity contribution in [1.29, 1.82) is 0 Å². The molecule has 0 bridgehead atoms. The zero-order valence-electron chi connectivity index (χ0n) is 13.3. The number of nitrogens with two attached hydrogens (primary N) is 1. The summed E-state index contributed by atoms with van der Waals surface area (Å²) in [6.07, 6.45) is 0. The number of carbonyl (C=O) groups excluding carboxylic acids is 1. The van der Waals surface area contributed by atoms with Crippen LogP contribution in [0.25, 0.3) is 0 Å². The van der Waals surface area contributed by atoms with E-state index in [0.717, 1.165) is 5.56 Å². The highest BCUT2D eigenvalue weighted by Gasteiger charge is 2.34. The molecule has 0 spiro atoms. The van der Waals surface area contributed by atoms with E-state index < -0.39 is 6.61 Å². The highest BCUT2D eigenvalue weighted by Crippen LogP contribution is 2.28. The number of hydrogen-bond donors (Lipinski definition) is 1. The Morgan fingerprint density at radius 3 is 2.52 bits per heavy atom. The first kappa shape index (κ1) is 19.1. The summed E-state index contributed by atoms with van der Waals surface area (Å²) in [5, 5.41) is 0. The van der Waals surface area contributed by atoms with E-state index in [1.54, 1.807) is 11.0 Å². The zero-order valence-corrected chi connectivity index (χ0v) is 14.2. The largest absolute Gasteiger partial charge is 0.435 e.